The van der Waals surface area contributed by atoms with Gasteiger partial charge in [-0.05, 0) is 43.0 Å². The van der Waals surface area contributed by atoms with E-state index in [0.29, 0.717) is 6.10 Å². The lowest BCUT2D eigenvalue weighted by Gasteiger charge is -2.38. The van der Waals surface area contributed by atoms with Crippen molar-refractivity contribution < 1.29 is 4.74 Å². The molecule has 0 spiro atoms. The van der Waals surface area contributed by atoms with Crippen LogP contribution >= 0.6 is 0 Å². The average Bonchev–Trinajstić information content (AvgIpc) is 3.31. The van der Waals surface area contributed by atoms with E-state index in [2.05, 4.69) is 69.8 Å². The molecule has 1 atom stereocenters. The van der Waals surface area contributed by atoms with Crippen molar-refractivity contribution in [3.8, 4) is 0 Å². The Hall–Kier alpha value is -2.37. The third-order valence-corrected chi connectivity index (χ3v) is 5.58. The first kappa shape index (κ1) is 16.8. The summed E-state index contributed by atoms with van der Waals surface area (Å²) >= 11 is 0. The quantitative estimate of drug-likeness (QED) is 0.708. The van der Waals surface area contributed by atoms with Gasteiger partial charge in [0.1, 0.15) is 0 Å². The fourth-order valence-electron chi connectivity index (χ4n) is 4.27. The molecule has 140 valence electrons. The van der Waals surface area contributed by atoms with Gasteiger partial charge in [-0.3, -0.25) is 9.47 Å². The van der Waals surface area contributed by atoms with E-state index in [1.807, 2.05) is 0 Å². The average molecular weight is 362 g/mol. The molecule has 0 radical (unpaired) electrons. The summed E-state index contributed by atoms with van der Waals surface area (Å²) in [7, 11) is 0. The highest BCUT2D eigenvalue weighted by molar-refractivity contribution is 5.79. The Bertz CT molecular complexity index is 930. The van der Waals surface area contributed by atoms with Crippen LogP contribution in [0.3, 0.4) is 0 Å². The van der Waals surface area contributed by atoms with Gasteiger partial charge in [-0.25, -0.2) is 4.98 Å². The zero-order valence-corrected chi connectivity index (χ0v) is 15.8. The van der Waals surface area contributed by atoms with Crippen LogP contribution in [0.15, 0.2) is 48.5 Å². The van der Waals surface area contributed by atoms with Crippen LogP contribution < -0.4 is 4.90 Å². The predicted molar refractivity (Wildman–Crippen MR) is 108 cm³/mol. The molecule has 3 aromatic rings. The molecule has 0 unspecified atom stereocenters. The van der Waals surface area contributed by atoms with Crippen molar-refractivity contribution in [2.75, 3.05) is 24.7 Å². The van der Waals surface area contributed by atoms with Gasteiger partial charge in [0.25, 0.3) is 0 Å². The van der Waals surface area contributed by atoms with Crippen molar-refractivity contribution in [2.24, 2.45) is 0 Å². The maximum absolute atomic E-state index is 5.92. The van der Waals surface area contributed by atoms with E-state index in [-0.39, 0.29) is 0 Å². The molecule has 0 aliphatic carbocycles. The van der Waals surface area contributed by atoms with Gasteiger partial charge in [0.15, 0.2) is 0 Å². The molecule has 1 fully saturated rings. The number of hydrogen-bond acceptors (Lipinski definition) is 4. The van der Waals surface area contributed by atoms with E-state index in [0.717, 1.165) is 50.9 Å². The number of anilines is 1. The lowest BCUT2D eigenvalue weighted by atomic mass is 10.2. The van der Waals surface area contributed by atoms with Crippen LogP contribution in [0.4, 0.5) is 5.95 Å². The van der Waals surface area contributed by atoms with Gasteiger partial charge in [0.05, 0.1) is 30.5 Å². The molecule has 2 aliphatic rings. The number of fused-ring (bicyclic) bond motifs is 3. The molecule has 0 bridgehead atoms. The summed E-state index contributed by atoms with van der Waals surface area (Å²) in [6.07, 6.45) is 2.63. The third kappa shape index (κ3) is 3.33. The number of nitrogens with zero attached hydrogens (tertiary/aromatic N) is 4. The maximum Gasteiger partial charge on any atom is 0.208 e. The Morgan fingerprint density at radius 1 is 1.11 bits per heavy atom. The fourth-order valence-corrected chi connectivity index (χ4v) is 4.27. The zero-order chi connectivity index (χ0) is 18.2. The van der Waals surface area contributed by atoms with E-state index in [4.69, 9.17) is 9.72 Å². The van der Waals surface area contributed by atoms with E-state index in [9.17, 15) is 0 Å². The summed E-state index contributed by atoms with van der Waals surface area (Å²) in [5.41, 5.74) is 4.92. The molecule has 5 heteroatoms. The normalized spacial score (nSPS) is 20.3. The first-order chi connectivity index (χ1) is 13.3. The number of rotatable bonds is 4. The minimum atomic E-state index is 0.316. The zero-order valence-electron chi connectivity index (χ0n) is 15.8. The van der Waals surface area contributed by atoms with Gasteiger partial charge < -0.3 is 9.64 Å². The van der Waals surface area contributed by atoms with Crippen molar-refractivity contribution in [3.63, 3.8) is 0 Å². The Morgan fingerprint density at radius 2 is 2.00 bits per heavy atom. The Morgan fingerprint density at radius 3 is 2.81 bits per heavy atom. The summed E-state index contributed by atoms with van der Waals surface area (Å²) in [5.74, 6) is 1.08. The highest BCUT2D eigenvalue weighted by atomic mass is 16.5. The van der Waals surface area contributed by atoms with Gasteiger partial charge in [0, 0.05) is 19.7 Å². The summed E-state index contributed by atoms with van der Waals surface area (Å²) < 4.78 is 8.29. The molecular formula is C22H26N4O. The molecule has 5 rings (SSSR count). The lowest BCUT2D eigenvalue weighted by molar-refractivity contribution is 0.105. The van der Waals surface area contributed by atoms with E-state index in [1.165, 1.54) is 23.1 Å². The van der Waals surface area contributed by atoms with Crippen molar-refractivity contribution in [1.29, 1.82) is 0 Å². The Labute approximate surface area is 160 Å². The van der Waals surface area contributed by atoms with Crippen LogP contribution in [0, 0.1) is 6.92 Å². The number of aromatic nitrogens is 2. The SMILES string of the molecule is Cc1ccc2nc3n(c2c1)CN(Cc1ccccc1)CN3C[C@H]1CCCO1. The molecule has 2 aliphatic heterocycles. The minimum Gasteiger partial charge on any atom is -0.376 e. The summed E-state index contributed by atoms with van der Waals surface area (Å²) in [5, 5.41) is 0. The second-order valence-electron chi connectivity index (χ2n) is 7.79. The molecule has 3 heterocycles. The standard InChI is InChI=1S/C22H26N4O/c1-17-9-10-20-21(12-17)26-16-24(13-18-6-3-2-4-7-18)15-25(22(26)23-20)14-19-8-5-11-27-19/h2-4,6-7,9-10,12,19H,5,8,11,13-16H2,1H3/t19-/m1/s1. The second-order valence-corrected chi connectivity index (χ2v) is 7.79. The van der Waals surface area contributed by atoms with Crippen LogP contribution in [-0.2, 0) is 18.0 Å². The largest absolute Gasteiger partial charge is 0.376 e. The predicted octanol–water partition coefficient (Wildman–Crippen LogP) is 3.76. The first-order valence-electron chi connectivity index (χ1n) is 9.86. The second kappa shape index (κ2) is 6.98. The van der Waals surface area contributed by atoms with Gasteiger partial charge in [-0.1, -0.05) is 36.4 Å². The van der Waals surface area contributed by atoms with Crippen LogP contribution in [-0.4, -0.2) is 40.4 Å². The fraction of sp³-hybridized carbons (Fsp3) is 0.409. The molecule has 1 saturated heterocycles. The number of imidazole rings is 1. The van der Waals surface area contributed by atoms with Crippen molar-refractivity contribution in [2.45, 2.75) is 39.1 Å². The van der Waals surface area contributed by atoms with Gasteiger partial charge in [0.2, 0.25) is 5.95 Å². The molecule has 27 heavy (non-hydrogen) atoms. The van der Waals surface area contributed by atoms with Crippen molar-refractivity contribution >= 4 is 17.0 Å². The van der Waals surface area contributed by atoms with E-state index < -0.39 is 0 Å². The molecule has 2 aromatic carbocycles. The molecule has 1 aromatic heterocycles. The highest BCUT2D eigenvalue weighted by Gasteiger charge is 2.29. The van der Waals surface area contributed by atoms with Crippen LogP contribution in [0.2, 0.25) is 0 Å². The topological polar surface area (TPSA) is 33.5 Å². The van der Waals surface area contributed by atoms with Crippen LogP contribution in [0.5, 0.6) is 0 Å². The highest BCUT2D eigenvalue weighted by Crippen LogP contribution is 2.29. The van der Waals surface area contributed by atoms with Crippen molar-refractivity contribution in [1.82, 2.24) is 14.5 Å². The number of ether oxygens (including phenoxy) is 1. The number of benzene rings is 2. The minimum absolute atomic E-state index is 0.316. The molecule has 0 amide bonds. The van der Waals surface area contributed by atoms with E-state index >= 15 is 0 Å². The molecular weight excluding hydrogens is 336 g/mol. The monoisotopic (exact) mass is 362 g/mol. The Kier molecular flexibility index (Phi) is 4.34. The summed E-state index contributed by atoms with van der Waals surface area (Å²) in [6.45, 7) is 6.64. The number of aryl methyl sites for hydroxylation is 1. The maximum atomic E-state index is 5.92. The van der Waals surface area contributed by atoms with Crippen LogP contribution in [0.1, 0.15) is 24.0 Å². The van der Waals surface area contributed by atoms with E-state index in [1.54, 1.807) is 0 Å². The molecule has 5 nitrogen and oxygen atoms in total. The van der Waals surface area contributed by atoms with Gasteiger partial charge >= 0.3 is 0 Å². The molecule has 0 saturated carbocycles. The first-order valence-corrected chi connectivity index (χ1v) is 9.86. The molecule has 0 N–H and O–H groups in total. The van der Waals surface area contributed by atoms with Gasteiger partial charge in [-0.2, -0.15) is 0 Å². The Balaban J connectivity index is 1.49. The van der Waals surface area contributed by atoms with Crippen LogP contribution in [0.25, 0.3) is 11.0 Å². The summed E-state index contributed by atoms with van der Waals surface area (Å²) in [4.78, 5) is 9.85. The summed E-state index contributed by atoms with van der Waals surface area (Å²) in [6, 6.07) is 17.3. The lowest BCUT2D eigenvalue weighted by Crippen LogP contribution is -2.47. The van der Waals surface area contributed by atoms with Gasteiger partial charge in [-0.15, -0.1) is 0 Å². The van der Waals surface area contributed by atoms with Crippen molar-refractivity contribution in [3.05, 3.63) is 59.7 Å². The number of hydrogen-bond donors (Lipinski definition) is 0. The smallest absolute Gasteiger partial charge is 0.208 e. The third-order valence-electron chi connectivity index (χ3n) is 5.58.